The van der Waals surface area contributed by atoms with Crippen LogP contribution < -0.4 is 5.32 Å². The number of carbonyl (C=O) groups is 1. The number of hydrogen-bond acceptors (Lipinski definition) is 5. The average Bonchev–Trinajstić information content (AvgIpc) is 3.05. The maximum Gasteiger partial charge on any atom is 0.297 e. The molecule has 2 heterocycles. The van der Waals surface area contributed by atoms with E-state index in [2.05, 4.69) is 25.5 Å². The summed E-state index contributed by atoms with van der Waals surface area (Å²) in [6, 6.07) is 5.40. The van der Waals surface area contributed by atoms with E-state index in [4.69, 9.17) is 11.6 Å². The van der Waals surface area contributed by atoms with E-state index in [0.717, 1.165) is 23.1 Å². The number of nitrogens with one attached hydrogen (secondary N) is 2. The smallest absolute Gasteiger partial charge is 0.295 e. The highest BCUT2D eigenvalue weighted by atomic mass is 35.5. The molecular formula is C13H12ClN5OS. The zero-order valence-electron chi connectivity index (χ0n) is 11.2. The van der Waals surface area contributed by atoms with Crippen LogP contribution in [0.4, 0.5) is 5.13 Å². The molecule has 0 spiro atoms. The third-order valence-corrected chi connectivity index (χ3v) is 3.96. The maximum atomic E-state index is 12.1. The molecular weight excluding hydrogens is 310 g/mol. The molecule has 3 aromatic rings. The number of hydrogen-bond donors (Lipinski definition) is 2. The Kier molecular flexibility index (Phi) is 3.85. The summed E-state index contributed by atoms with van der Waals surface area (Å²) in [5, 5.41) is 10.5. The van der Waals surface area contributed by atoms with Crippen molar-refractivity contribution in [1.82, 2.24) is 20.2 Å². The van der Waals surface area contributed by atoms with E-state index in [1.807, 2.05) is 19.1 Å². The van der Waals surface area contributed by atoms with Gasteiger partial charge in [0.25, 0.3) is 5.91 Å². The Morgan fingerprint density at radius 1 is 1.43 bits per heavy atom. The first-order chi connectivity index (χ1) is 10.2. The van der Waals surface area contributed by atoms with E-state index in [1.165, 1.54) is 11.3 Å². The molecule has 1 aromatic carbocycles. The number of nitrogens with zero attached hydrogens (tertiary/aromatic N) is 3. The zero-order chi connectivity index (χ0) is 14.8. The Labute approximate surface area is 129 Å². The minimum absolute atomic E-state index is 0.121. The Balaban J connectivity index is 1.78. The molecule has 8 heteroatoms. The Hall–Kier alpha value is -1.99. The lowest BCUT2D eigenvalue weighted by Crippen LogP contribution is -2.13. The van der Waals surface area contributed by atoms with Gasteiger partial charge in [0.1, 0.15) is 5.82 Å². The summed E-state index contributed by atoms with van der Waals surface area (Å²) in [5.74, 6) is 0.452. The molecule has 0 aliphatic heterocycles. The Bertz CT molecular complexity index is 797. The minimum atomic E-state index is -0.376. The molecule has 0 atom stereocenters. The highest BCUT2D eigenvalue weighted by Gasteiger charge is 2.14. The van der Waals surface area contributed by atoms with Crippen molar-refractivity contribution in [2.75, 3.05) is 5.32 Å². The molecule has 0 saturated heterocycles. The molecule has 0 unspecified atom stereocenters. The summed E-state index contributed by atoms with van der Waals surface area (Å²) in [6.45, 7) is 2.04. The second kappa shape index (κ2) is 5.79. The summed E-state index contributed by atoms with van der Waals surface area (Å²) in [4.78, 5) is 20.5. The van der Waals surface area contributed by atoms with E-state index in [0.29, 0.717) is 16.0 Å². The Morgan fingerprint density at radius 2 is 2.29 bits per heavy atom. The van der Waals surface area contributed by atoms with E-state index in [-0.39, 0.29) is 11.7 Å². The van der Waals surface area contributed by atoms with Crippen LogP contribution >= 0.6 is 22.9 Å². The van der Waals surface area contributed by atoms with Crippen molar-refractivity contribution < 1.29 is 4.79 Å². The van der Waals surface area contributed by atoms with Gasteiger partial charge in [-0.25, -0.2) is 9.97 Å². The van der Waals surface area contributed by atoms with Gasteiger partial charge in [-0.1, -0.05) is 29.9 Å². The molecule has 1 amide bonds. The van der Waals surface area contributed by atoms with E-state index in [9.17, 15) is 4.79 Å². The lowest BCUT2D eigenvalue weighted by Gasteiger charge is -1.95. The molecule has 0 radical (unpaired) electrons. The largest absolute Gasteiger partial charge is 0.297 e. The summed E-state index contributed by atoms with van der Waals surface area (Å²) in [7, 11) is 0. The van der Waals surface area contributed by atoms with Crippen LogP contribution in [0.5, 0.6) is 0 Å². The average molecular weight is 322 g/mol. The first-order valence-corrected chi connectivity index (χ1v) is 7.64. The van der Waals surface area contributed by atoms with Crippen molar-refractivity contribution in [3.05, 3.63) is 34.9 Å². The minimum Gasteiger partial charge on any atom is -0.295 e. The quantitative estimate of drug-likeness (QED) is 0.772. The molecule has 3 rings (SSSR count). The van der Waals surface area contributed by atoms with Gasteiger partial charge in [-0.15, -0.1) is 5.10 Å². The van der Waals surface area contributed by atoms with Crippen molar-refractivity contribution in [3.63, 3.8) is 0 Å². The summed E-state index contributed by atoms with van der Waals surface area (Å²) in [5.41, 5.74) is 0.793. The van der Waals surface area contributed by atoms with Crippen molar-refractivity contribution in [3.8, 4) is 0 Å². The van der Waals surface area contributed by atoms with Crippen LogP contribution in [0, 0.1) is 0 Å². The number of aryl methyl sites for hydroxylation is 1. The van der Waals surface area contributed by atoms with Gasteiger partial charge < -0.3 is 0 Å². The van der Waals surface area contributed by atoms with Crippen LogP contribution in [0.2, 0.25) is 5.02 Å². The number of anilines is 1. The monoisotopic (exact) mass is 321 g/mol. The predicted molar refractivity (Wildman–Crippen MR) is 83.0 cm³/mol. The zero-order valence-corrected chi connectivity index (χ0v) is 12.8. The number of amides is 1. The van der Waals surface area contributed by atoms with Gasteiger partial charge in [0, 0.05) is 11.4 Å². The van der Waals surface area contributed by atoms with Gasteiger partial charge in [-0.3, -0.25) is 15.2 Å². The number of benzene rings is 1. The first kappa shape index (κ1) is 14.0. The topological polar surface area (TPSA) is 83.6 Å². The van der Waals surface area contributed by atoms with Gasteiger partial charge in [0.2, 0.25) is 5.82 Å². The molecule has 21 heavy (non-hydrogen) atoms. The maximum absolute atomic E-state index is 12.1. The summed E-state index contributed by atoms with van der Waals surface area (Å²) in [6.07, 6.45) is 1.70. The van der Waals surface area contributed by atoms with Gasteiger partial charge in [0.05, 0.1) is 10.2 Å². The van der Waals surface area contributed by atoms with E-state index >= 15 is 0 Å². The molecule has 108 valence electrons. The number of thiazole rings is 1. The first-order valence-electron chi connectivity index (χ1n) is 6.44. The van der Waals surface area contributed by atoms with Gasteiger partial charge in [0.15, 0.2) is 5.13 Å². The lowest BCUT2D eigenvalue weighted by molar-refractivity contribution is 0.101. The highest BCUT2D eigenvalue weighted by molar-refractivity contribution is 7.22. The van der Waals surface area contributed by atoms with Crippen LogP contribution in [0.3, 0.4) is 0 Å². The fraction of sp³-hybridized carbons (Fsp3) is 0.231. The molecule has 0 fully saturated rings. The number of fused-ring (bicyclic) bond motifs is 1. The SMILES string of the molecule is CCCc1nc(C(=O)Nc2nc3ccc(Cl)cc3s2)n[nH]1. The van der Waals surface area contributed by atoms with Gasteiger partial charge in [-0.05, 0) is 24.6 Å². The van der Waals surface area contributed by atoms with Gasteiger partial charge in [-0.2, -0.15) is 0 Å². The van der Waals surface area contributed by atoms with Crippen molar-refractivity contribution >= 4 is 44.2 Å². The summed E-state index contributed by atoms with van der Waals surface area (Å²) < 4.78 is 0.916. The standard InChI is InChI=1S/C13H12ClN5OS/c1-2-3-10-16-11(19-18-10)12(20)17-13-15-8-5-4-7(14)6-9(8)21-13/h4-6H,2-3H2,1H3,(H,15,17,20)(H,16,18,19). The molecule has 0 bridgehead atoms. The van der Waals surface area contributed by atoms with E-state index < -0.39 is 0 Å². The van der Waals surface area contributed by atoms with Crippen molar-refractivity contribution in [2.24, 2.45) is 0 Å². The van der Waals surface area contributed by atoms with Crippen LogP contribution in [-0.4, -0.2) is 26.1 Å². The summed E-state index contributed by atoms with van der Waals surface area (Å²) >= 11 is 7.29. The fourth-order valence-electron chi connectivity index (χ4n) is 1.85. The molecule has 0 saturated carbocycles. The van der Waals surface area contributed by atoms with Crippen LogP contribution in [0.25, 0.3) is 10.2 Å². The number of H-pyrrole nitrogens is 1. The van der Waals surface area contributed by atoms with E-state index in [1.54, 1.807) is 6.07 Å². The van der Waals surface area contributed by atoms with Crippen molar-refractivity contribution in [2.45, 2.75) is 19.8 Å². The van der Waals surface area contributed by atoms with Crippen LogP contribution in [0.1, 0.15) is 29.8 Å². The predicted octanol–water partition coefficient (Wildman–Crippen LogP) is 3.27. The molecule has 2 N–H and O–H groups in total. The number of carbonyl (C=O) groups excluding carboxylic acids is 1. The molecule has 6 nitrogen and oxygen atoms in total. The molecule has 0 aliphatic rings. The number of aromatic amines is 1. The Morgan fingerprint density at radius 3 is 3.10 bits per heavy atom. The number of halogens is 1. The number of rotatable bonds is 4. The molecule has 2 aromatic heterocycles. The lowest BCUT2D eigenvalue weighted by atomic mass is 10.3. The van der Waals surface area contributed by atoms with Gasteiger partial charge >= 0.3 is 0 Å². The molecule has 0 aliphatic carbocycles. The highest BCUT2D eigenvalue weighted by Crippen LogP contribution is 2.28. The second-order valence-corrected chi connectivity index (χ2v) is 5.91. The second-order valence-electron chi connectivity index (χ2n) is 4.44. The van der Waals surface area contributed by atoms with Crippen LogP contribution in [-0.2, 0) is 6.42 Å². The van der Waals surface area contributed by atoms with Crippen molar-refractivity contribution in [1.29, 1.82) is 0 Å². The van der Waals surface area contributed by atoms with Crippen LogP contribution in [0.15, 0.2) is 18.2 Å². The third kappa shape index (κ3) is 3.03. The normalized spacial score (nSPS) is 11.0. The number of aromatic nitrogens is 4. The fourth-order valence-corrected chi connectivity index (χ4v) is 2.99. The third-order valence-electron chi connectivity index (χ3n) is 2.79.